The van der Waals surface area contributed by atoms with E-state index >= 15 is 0 Å². The molecule has 10 heteroatoms. The van der Waals surface area contributed by atoms with Crippen LogP contribution in [0.5, 0.6) is 5.75 Å². The minimum atomic E-state index is -0.253. The summed E-state index contributed by atoms with van der Waals surface area (Å²) in [6, 6.07) is 12.4. The van der Waals surface area contributed by atoms with Crippen LogP contribution in [0.2, 0.25) is 10.0 Å². The summed E-state index contributed by atoms with van der Waals surface area (Å²) in [6.45, 7) is 4.59. The van der Waals surface area contributed by atoms with Gasteiger partial charge >= 0.3 is 0 Å². The van der Waals surface area contributed by atoms with E-state index < -0.39 is 0 Å². The average molecular weight is 478 g/mol. The van der Waals surface area contributed by atoms with E-state index in [-0.39, 0.29) is 12.5 Å². The van der Waals surface area contributed by atoms with E-state index in [0.29, 0.717) is 45.2 Å². The lowest BCUT2D eigenvalue weighted by Crippen LogP contribution is -2.20. The van der Waals surface area contributed by atoms with Gasteiger partial charge in [0.05, 0.1) is 23.7 Å². The molecule has 0 aliphatic heterocycles. The van der Waals surface area contributed by atoms with Crippen molar-refractivity contribution in [1.29, 1.82) is 0 Å². The highest BCUT2D eigenvalue weighted by atomic mass is 35.5. The van der Waals surface area contributed by atoms with Crippen LogP contribution < -0.4 is 15.4 Å². The summed E-state index contributed by atoms with van der Waals surface area (Å²) >= 11 is 17.6. The number of rotatable bonds is 9. The van der Waals surface area contributed by atoms with Crippen molar-refractivity contribution in [2.45, 2.75) is 19.6 Å². The lowest BCUT2D eigenvalue weighted by Gasteiger charge is -2.08. The van der Waals surface area contributed by atoms with Gasteiger partial charge in [0.15, 0.2) is 10.6 Å². The second-order valence-electron chi connectivity index (χ2n) is 6.52. The topological polar surface area (TPSA) is 73.1 Å². The van der Waals surface area contributed by atoms with Crippen LogP contribution in [-0.2, 0) is 24.4 Å². The van der Waals surface area contributed by atoms with Gasteiger partial charge in [0.1, 0.15) is 12.3 Å². The molecule has 0 aliphatic carbocycles. The van der Waals surface area contributed by atoms with Gasteiger partial charge in [0, 0.05) is 24.0 Å². The fourth-order valence-electron chi connectivity index (χ4n) is 2.86. The van der Waals surface area contributed by atoms with Crippen LogP contribution in [0.4, 0.5) is 11.4 Å². The second-order valence-corrected chi connectivity index (χ2v) is 7.70. The van der Waals surface area contributed by atoms with E-state index in [1.54, 1.807) is 49.6 Å². The van der Waals surface area contributed by atoms with Crippen LogP contribution in [0, 0.1) is 4.77 Å². The fraction of sp³-hybridized carbons (Fsp3) is 0.190. The van der Waals surface area contributed by atoms with Gasteiger partial charge in [-0.2, -0.15) is 5.10 Å². The Balaban J connectivity index is 1.74. The lowest BCUT2D eigenvalue weighted by molar-refractivity contribution is -0.116. The smallest absolute Gasteiger partial charge is 0.246 e. The zero-order valence-corrected chi connectivity index (χ0v) is 19.1. The third kappa shape index (κ3) is 5.88. The third-order valence-electron chi connectivity index (χ3n) is 4.33. The molecule has 1 amide bonds. The molecule has 2 aromatic carbocycles. The number of allylic oxidation sites excluding steroid dienone is 1. The molecule has 0 radical (unpaired) electrons. The molecule has 0 bridgehead atoms. The molecular weight excluding hydrogens is 457 g/mol. The predicted molar refractivity (Wildman–Crippen MR) is 127 cm³/mol. The largest absolute Gasteiger partial charge is 0.497 e. The van der Waals surface area contributed by atoms with Crippen molar-refractivity contribution < 1.29 is 9.53 Å². The SMILES string of the molecule is C=CCn1c(CNc2ccc(Cl)c(Cl)c2)nn(CC(=O)Nc2cccc(OC)c2)c1=S. The average Bonchev–Trinajstić information content (AvgIpc) is 3.04. The summed E-state index contributed by atoms with van der Waals surface area (Å²) < 4.78 is 8.90. The molecule has 1 heterocycles. The quantitative estimate of drug-likeness (QED) is 0.328. The number of anilines is 2. The summed E-state index contributed by atoms with van der Waals surface area (Å²) in [4.78, 5) is 12.5. The van der Waals surface area contributed by atoms with E-state index in [9.17, 15) is 4.79 Å². The van der Waals surface area contributed by atoms with E-state index in [1.807, 2.05) is 10.6 Å². The molecule has 0 spiro atoms. The lowest BCUT2D eigenvalue weighted by atomic mass is 10.3. The molecule has 3 aromatic rings. The van der Waals surface area contributed by atoms with E-state index in [2.05, 4.69) is 22.3 Å². The van der Waals surface area contributed by atoms with Gasteiger partial charge in [-0.05, 0) is 42.5 Å². The number of nitrogens with zero attached hydrogens (tertiary/aromatic N) is 3. The number of aromatic nitrogens is 3. The molecule has 3 rings (SSSR count). The number of amides is 1. The number of nitrogens with one attached hydrogen (secondary N) is 2. The number of ether oxygens (including phenoxy) is 1. The number of benzene rings is 2. The van der Waals surface area contributed by atoms with Gasteiger partial charge in [-0.25, -0.2) is 4.68 Å². The summed E-state index contributed by atoms with van der Waals surface area (Å²) in [7, 11) is 1.57. The molecule has 7 nitrogen and oxygen atoms in total. The molecule has 0 fully saturated rings. The molecule has 162 valence electrons. The minimum Gasteiger partial charge on any atom is -0.497 e. The molecular formula is C21H21Cl2N5O2S. The predicted octanol–water partition coefficient (Wildman–Crippen LogP) is 5.17. The number of hydrogen-bond acceptors (Lipinski definition) is 5. The number of carbonyl (C=O) groups is 1. The van der Waals surface area contributed by atoms with Crippen molar-refractivity contribution in [1.82, 2.24) is 14.3 Å². The monoisotopic (exact) mass is 477 g/mol. The van der Waals surface area contributed by atoms with Crippen LogP contribution in [0.1, 0.15) is 5.82 Å². The Morgan fingerprint density at radius 1 is 1.23 bits per heavy atom. The van der Waals surface area contributed by atoms with Crippen LogP contribution in [0.25, 0.3) is 0 Å². The van der Waals surface area contributed by atoms with Gasteiger partial charge in [0.2, 0.25) is 5.91 Å². The Labute approximate surface area is 195 Å². The van der Waals surface area contributed by atoms with E-state index in [4.69, 9.17) is 40.2 Å². The number of hydrogen-bond donors (Lipinski definition) is 2. The highest BCUT2D eigenvalue weighted by Gasteiger charge is 2.13. The first kappa shape index (κ1) is 22.9. The molecule has 0 aliphatic rings. The number of carbonyl (C=O) groups excluding carboxylic acids is 1. The standard InChI is InChI=1S/C21H21Cl2N5O2S/c1-3-9-27-19(12-24-14-7-8-17(22)18(23)11-14)26-28(21(27)31)13-20(29)25-15-5-4-6-16(10-15)30-2/h3-8,10-11,24H,1,9,12-13H2,2H3,(H,25,29). The van der Waals surface area contributed by atoms with Crippen molar-refractivity contribution in [2.75, 3.05) is 17.7 Å². The minimum absolute atomic E-state index is 0.0278. The number of methoxy groups -OCH3 is 1. The maximum Gasteiger partial charge on any atom is 0.246 e. The van der Waals surface area contributed by atoms with Crippen molar-refractivity contribution in [2.24, 2.45) is 0 Å². The Morgan fingerprint density at radius 2 is 2.03 bits per heavy atom. The maximum atomic E-state index is 12.5. The van der Waals surface area contributed by atoms with Crippen LogP contribution in [0.15, 0.2) is 55.1 Å². The molecule has 0 saturated carbocycles. The molecule has 1 aromatic heterocycles. The first-order valence-corrected chi connectivity index (χ1v) is 10.5. The Morgan fingerprint density at radius 3 is 2.74 bits per heavy atom. The Hall–Kier alpha value is -2.81. The zero-order chi connectivity index (χ0) is 22.4. The van der Waals surface area contributed by atoms with Crippen LogP contribution in [-0.4, -0.2) is 27.4 Å². The zero-order valence-electron chi connectivity index (χ0n) is 16.8. The van der Waals surface area contributed by atoms with E-state index in [1.165, 1.54) is 4.68 Å². The first-order chi connectivity index (χ1) is 14.9. The molecule has 0 saturated heterocycles. The third-order valence-corrected chi connectivity index (χ3v) is 5.50. The highest BCUT2D eigenvalue weighted by molar-refractivity contribution is 7.71. The normalized spacial score (nSPS) is 10.5. The van der Waals surface area contributed by atoms with Crippen LogP contribution >= 0.6 is 35.4 Å². The number of halogens is 2. The van der Waals surface area contributed by atoms with Gasteiger partial charge in [-0.15, -0.1) is 6.58 Å². The summed E-state index contributed by atoms with van der Waals surface area (Å²) in [5, 5.41) is 11.5. The molecule has 0 unspecified atom stereocenters. The van der Waals surface area contributed by atoms with Gasteiger partial charge in [-0.3, -0.25) is 9.36 Å². The summed E-state index contributed by atoms with van der Waals surface area (Å²) in [5.74, 6) is 1.06. The fourth-order valence-corrected chi connectivity index (χ4v) is 3.44. The summed E-state index contributed by atoms with van der Waals surface area (Å²) in [5.41, 5.74) is 1.42. The molecule has 31 heavy (non-hydrogen) atoms. The Kier molecular flexibility index (Phi) is 7.73. The van der Waals surface area contributed by atoms with E-state index in [0.717, 1.165) is 5.69 Å². The maximum absolute atomic E-state index is 12.5. The second kappa shape index (κ2) is 10.5. The van der Waals surface area contributed by atoms with Crippen molar-refractivity contribution in [3.05, 3.63) is 75.8 Å². The van der Waals surface area contributed by atoms with Crippen molar-refractivity contribution in [3.8, 4) is 5.75 Å². The van der Waals surface area contributed by atoms with Gasteiger partial charge in [0.25, 0.3) is 0 Å². The van der Waals surface area contributed by atoms with Gasteiger partial charge < -0.3 is 15.4 Å². The Bertz CT molecular complexity index is 1160. The first-order valence-electron chi connectivity index (χ1n) is 9.31. The van der Waals surface area contributed by atoms with Crippen LogP contribution in [0.3, 0.4) is 0 Å². The molecule has 0 atom stereocenters. The molecule has 2 N–H and O–H groups in total. The van der Waals surface area contributed by atoms with Crippen molar-refractivity contribution >= 4 is 52.7 Å². The highest BCUT2D eigenvalue weighted by Crippen LogP contribution is 2.25. The summed E-state index contributed by atoms with van der Waals surface area (Å²) in [6.07, 6.45) is 1.72. The van der Waals surface area contributed by atoms with Crippen molar-refractivity contribution in [3.63, 3.8) is 0 Å². The van der Waals surface area contributed by atoms with Gasteiger partial charge in [-0.1, -0.05) is 35.3 Å².